The third kappa shape index (κ3) is 5.83. The van der Waals surface area contributed by atoms with Gasteiger partial charge in [-0.1, -0.05) is 12.1 Å². The maximum absolute atomic E-state index is 11.5. The first-order chi connectivity index (χ1) is 9.52. The van der Waals surface area contributed by atoms with Crippen molar-refractivity contribution in [3.63, 3.8) is 0 Å². The van der Waals surface area contributed by atoms with E-state index in [1.54, 1.807) is 23.9 Å². The minimum atomic E-state index is -1.10. The molecule has 0 aliphatic rings. The quantitative estimate of drug-likeness (QED) is 0.564. The Bertz CT molecular complexity index is 450. The highest BCUT2D eigenvalue weighted by atomic mass is 32.2. The van der Waals surface area contributed by atoms with Crippen LogP contribution in [0.3, 0.4) is 0 Å². The van der Waals surface area contributed by atoms with E-state index in [2.05, 4.69) is 10.6 Å². The summed E-state index contributed by atoms with van der Waals surface area (Å²) in [6.45, 7) is 0.485. The molecule has 20 heavy (non-hydrogen) atoms. The minimum absolute atomic E-state index is 0.114. The number of urea groups is 1. The largest absolute Gasteiger partial charge is 0.508 e. The van der Waals surface area contributed by atoms with Crippen molar-refractivity contribution < 1.29 is 19.8 Å². The lowest BCUT2D eigenvalue weighted by atomic mass is 10.1. The van der Waals surface area contributed by atoms with Crippen LogP contribution in [0.5, 0.6) is 5.75 Å². The number of hydrogen-bond donors (Lipinski definition) is 4. The normalized spacial score (nSPS) is 11.7. The van der Waals surface area contributed by atoms with Gasteiger partial charge in [0.15, 0.2) is 0 Å². The molecule has 110 valence electrons. The minimum Gasteiger partial charge on any atom is -0.508 e. The lowest BCUT2D eigenvalue weighted by molar-refractivity contribution is -0.139. The standard InChI is InChI=1S/C13H18N2O4S/c1-20-7-6-14-13(19)15-11(12(17)18)8-9-2-4-10(16)5-3-9/h2-5,11,16H,6-8H2,1H3,(H,17,18)(H2,14,15,19). The van der Waals surface area contributed by atoms with Crippen LogP contribution in [0.15, 0.2) is 24.3 Å². The lowest BCUT2D eigenvalue weighted by Crippen LogP contribution is -2.47. The number of phenolic OH excluding ortho intramolecular Hbond substituents is 1. The van der Waals surface area contributed by atoms with Gasteiger partial charge in [-0.25, -0.2) is 9.59 Å². The number of aliphatic carboxylic acids is 1. The van der Waals surface area contributed by atoms with Crippen LogP contribution in [0, 0.1) is 0 Å². The van der Waals surface area contributed by atoms with Gasteiger partial charge in [-0.3, -0.25) is 0 Å². The highest BCUT2D eigenvalue weighted by Gasteiger charge is 2.20. The SMILES string of the molecule is CSCCNC(=O)NC(Cc1ccc(O)cc1)C(=O)O. The molecule has 6 nitrogen and oxygen atoms in total. The summed E-state index contributed by atoms with van der Waals surface area (Å²) in [6, 6.07) is 4.70. The zero-order chi connectivity index (χ0) is 15.0. The molecule has 0 aliphatic carbocycles. The van der Waals surface area contributed by atoms with Gasteiger partial charge in [0.25, 0.3) is 0 Å². The third-order valence-electron chi connectivity index (χ3n) is 2.57. The van der Waals surface area contributed by atoms with Crippen molar-refractivity contribution in [2.24, 2.45) is 0 Å². The van der Waals surface area contributed by atoms with Crippen LogP contribution in [0.1, 0.15) is 5.56 Å². The summed E-state index contributed by atoms with van der Waals surface area (Å²) >= 11 is 1.59. The smallest absolute Gasteiger partial charge is 0.326 e. The van der Waals surface area contributed by atoms with Crippen LogP contribution < -0.4 is 10.6 Å². The van der Waals surface area contributed by atoms with E-state index in [0.29, 0.717) is 6.54 Å². The lowest BCUT2D eigenvalue weighted by Gasteiger charge is -2.15. The Balaban J connectivity index is 2.54. The first kappa shape index (κ1) is 16.2. The van der Waals surface area contributed by atoms with Crippen LogP contribution >= 0.6 is 11.8 Å². The Morgan fingerprint density at radius 3 is 2.50 bits per heavy atom. The van der Waals surface area contributed by atoms with E-state index in [0.717, 1.165) is 11.3 Å². The summed E-state index contributed by atoms with van der Waals surface area (Å²) in [6.07, 6.45) is 2.08. The van der Waals surface area contributed by atoms with Crippen LogP contribution in [-0.2, 0) is 11.2 Å². The fraction of sp³-hybridized carbons (Fsp3) is 0.385. The van der Waals surface area contributed by atoms with E-state index in [1.165, 1.54) is 12.1 Å². The van der Waals surface area contributed by atoms with Crippen molar-refractivity contribution in [2.45, 2.75) is 12.5 Å². The zero-order valence-electron chi connectivity index (χ0n) is 11.1. The average molecular weight is 298 g/mol. The second-order valence-corrected chi connectivity index (χ2v) is 5.14. The number of phenols is 1. The highest BCUT2D eigenvalue weighted by molar-refractivity contribution is 7.98. The van der Waals surface area contributed by atoms with Crippen LogP contribution in [-0.4, -0.2) is 46.8 Å². The number of amides is 2. The summed E-state index contributed by atoms with van der Waals surface area (Å²) in [5, 5.41) is 23.3. The Hall–Kier alpha value is -1.89. The van der Waals surface area contributed by atoms with Gasteiger partial charge in [-0.05, 0) is 24.0 Å². The maximum Gasteiger partial charge on any atom is 0.326 e. The Labute approximate surface area is 121 Å². The fourth-order valence-electron chi connectivity index (χ4n) is 1.54. The highest BCUT2D eigenvalue weighted by Crippen LogP contribution is 2.11. The molecule has 1 aromatic rings. The van der Waals surface area contributed by atoms with Crippen molar-refractivity contribution in [1.82, 2.24) is 10.6 Å². The molecule has 0 spiro atoms. The number of thioether (sulfide) groups is 1. The van der Waals surface area contributed by atoms with Crippen molar-refractivity contribution >= 4 is 23.8 Å². The molecule has 0 saturated carbocycles. The predicted octanol–water partition coefficient (Wildman–Crippen LogP) is 1.05. The molecular formula is C13H18N2O4S. The van der Waals surface area contributed by atoms with E-state index in [9.17, 15) is 9.59 Å². The van der Waals surface area contributed by atoms with E-state index in [4.69, 9.17) is 10.2 Å². The molecule has 1 rings (SSSR count). The first-order valence-corrected chi connectivity index (χ1v) is 7.46. The van der Waals surface area contributed by atoms with Gasteiger partial charge < -0.3 is 20.8 Å². The molecular weight excluding hydrogens is 280 g/mol. The number of rotatable bonds is 7. The molecule has 0 heterocycles. The maximum atomic E-state index is 11.5. The average Bonchev–Trinajstić information content (AvgIpc) is 2.40. The summed E-state index contributed by atoms with van der Waals surface area (Å²) < 4.78 is 0. The van der Waals surface area contributed by atoms with Gasteiger partial charge >= 0.3 is 12.0 Å². The van der Waals surface area contributed by atoms with Gasteiger partial charge in [-0.15, -0.1) is 0 Å². The third-order valence-corrected chi connectivity index (χ3v) is 3.18. The van der Waals surface area contributed by atoms with Crippen LogP contribution in [0.4, 0.5) is 4.79 Å². The Morgan fingerprint density at radius 2 is 1.95 bits per heavy atom. The topological polar surface area (TPSA) is 98.7 Å². The molecule has 2 amide bonds. The zero-order valence-corrected chi connectivity index (χ0v) is 11.9. The van der Waals surface area contributed by atoms with Gasteiger partial charge in [0.2, 0.25) is 0 Å². The number of carbonyl (C=O) groups excluding carboxylic acids is 1. The van der Waals surface area contributed by atoms with Crippen molar-refractivity contribution in [3.05, 3.63) is 29.8 Å². The van der Waals surface area contributed by atoms with E-state index >= 15 is 0 Å². The predicted molar refractivity (Wildman–Crippen MR) is 78.2 cm³/mol. The summed E-state index contributed by atoms with van der Waals surface area (Å²) in [4.78, 5) is 22.7. The number of benzene rings is 1. The van der Waals surface area contributed by atoms with Crippen molar-refractivity contribution in [1.29, 1.82) is 0 Å². The molecule has 0 aromatic heterocycles. The molecule has 1 aromatic carbocycles. The van der Waals surface area contributed by atoms with Crippen molar-refractivity contribution in [2.75, 3.05) is 18.6 Å². The molecule has 0 aliphatic heterocycles. The molecule has 7 heteroatoms. The second-order valence-electron chi connectivity index (χ2n) is 4.15. The number of carboxylic acid groups (broad SMARTS) is 1. The van der Waals surface area contributed by atoms with E-state index in [-0.39, 0.29) is 12.2 Å². The number of hydrogen-bond acceptors (Lipinski definition) is 4. The molecule has 0 fully saturated rings. The second kappa shape index (κ2) is 8.31. The van der Waals surface area contributed by atoms with Gasteiger partial charge in [0, 0.05) is 18.7 Å². The molecule has 0 bridgehead atoms. The van der Waals surface area contributed by atoms with Gasteiger partial charge in [0.1, 0.15) is 11.8 Å². The van der Waals surface area contributed by atoms with Gasteiger partial charge in [0.05, 0.1) is 0 Å². The van der Waals surface area contributed by atoms with Crippen molar-refractivity contribution in [3.8, 4) is 5.75 Å². The number of aromatic hydroxyl groups is 1. The summed E-state index contributed by atoms with van der Waals surface area (Å²) in [5.74, 6) is -0.218. The molecule has 4 N–H and O–H groups in total. The fourth-order valence-corrected chi connectivity index (χ4v) is 1.85. The van der Waals surface area contributed by atoms with Gasteiger partial charge in [-0.2, -0.15) is 11.8 Å². The van der Waals surface area contributed by atoms with E-state index in [1.807, 2.05) is 6.26 Å². The first-order valence-electron chi connectivity index (χ1n) is 6.07. The van der Waals surface area contributed by atoms with Crippen LogP contribution in [0.25, 0.3) is 0 Å². The Morgan fingerprint density at radius 1 is 1.30 bits per heavy atom. The molecule has 1 unspecified atom stereocenters. The van der Waals surface area contributed by atoms with E-state index < -0.39 is 18.0 Å². The number of carboxylic acids is 1. The van der Waals surface area contributed by atoms with Crippen LogP contribution in [0.2, 0.25) is 0 Å². The molecule has 0 saturated heterocycles. The monoisotopic (exact) mass is 298 g/mol. The summed E-state index contributed by atoms with van der Waals surface area (Å²) in [5.41, 5.74) is 0.722. The molecule has 0 radical (unpaired) electrons. The number of nitrogens with one attached hydrogen (secondary N) is 2. The summed E-state index contributed by atoms with van der Waals surface area (Å²) in [7, 11) is 0. The number of carbonyl (C=O) groups is 2. The molecule has 1 atom stereocenters. The Kier molecular flexibility index (Phi) is 6.72.